The Labute approximate surface area is 108 Å². The number of nitrogens with zero attached hydrogens (tertiary/aromatic N) is 2. The molecule has 0 bridgehead atoms. The van der Waals surface area contributed by atoms with Crippen LogP contribution in [0.3, 0.4) is 0 Å². The van der Waals surface area contributed by atoms with Gasteiger partial charge in [0.2, 0.25) is 0 Å². The van der Waals surface area contributed by atoms with Crippen molar-refractivity contribution in [1.29, 1.82) is 0 Å². The Bertz CT molecular complexity index is 524. The average Bonchev–Trinajstić information content (AvgIpc) is 2.63. The molecule has 0 fully saturated rings. The van der Waals surface area contributed by atoms with Gasteiger partial charge < -0.3 is 5.73 Å². The van der Waals surface area contributed by atoms with Crippen molar-refractivity contribution < 1.29 is 4.39 Å². The van der Waals surface area contributed by atoms with Crippen LogP contribution in [0.1, 0.15) is 17.2 Å². The lowest BCUT2D eigenvalue weighted by Gasteiger charge is -2.12. The first-order valence-electron chi connectivity index (χ1n) is 5.24. The molecular weight excluding hydrogens is 285 g/mol. The highest BCUT2D eigenvalue weighted by atomic mass is 79.9. The summed E-state index contributed by atoms with van der Waals surface area (Å²) < 4.78 is 15.4. The second-order valence-corrected chi connectivity index (χ2v) is 4.85. The van der Waals surface area contributed by atoms with Crippen molar-refractivity contribution in [2.24, 2.45) is 12.8 Å². The Morgan fingerprint density at radius 1 is 1.53 bits per heavy atom. The molecule has 1 heterocycles. The Morgan fingerprint density at radius 3 is 2.88 bits per heavy atom. The molecule has 0 aliphatic carbocycles. The zero-order valence-corrected chi connectivity index (χ0v) is 11.0. The first kappa shape index (κ1) is 12.3. The fraction of sp³-hybridized carbons (Fsp3) is 0.250. The van der Waals surface area contributed by atoms with Crippen molar-refractivity contribution in [3.63, 3.8) is 0 Å². The van der Waals surface area contributed by atoms with Crippen LogP contribution in [0.25, 0.3) is 0 Å². The van der Waals surface area contributed by atoms with E-state index in [1.807, 2.05) is 13.2 Å². The standard InChI is InChI=1S/C12H13BrFN3/c1-17-7-8(6-16-17)4-12(15)10-3-2-9(14)5-11(10)13/h2-3,5-7,12H,4,15H2,1H3. The first-order chi connectivity index (χ1) is 8.06. The predicted octanol–water partition coefficient (Wildman–Crippen LogP) is 2.56. The summed E-state index contributed by atoms with van der Waals surface area (Å²) in [5.41, 5.74) is 8.06. The maximum Gasteiger partial charge on any atom is 0.124 e. The number of benzene rings is 1. The van der Waals surface area contributed by atoms with E-state index in [-0.39, 0.29) is 11.9 Å². The van der Waals surface area contributed by atoms with E-state index < -0.39 is 0 Å². The molecule has 1 aromatic carbocycles. The molecule has 0 saturated heterocycles. The Morgan fingerprint density at radius 2 is 2.29 bits per heavy atom. The molecule has 17 heavy (non-hydrogen) atoms. The molecule has 0 spiro atoms. The van der Waals surface area contributed by atoms with Crippen LogP contribution in [0.15, 0.2) is 35.1 Å². The van der Waals surface area contributed by atoms with Crippen molar-refractivity contribution >= 4 is 15.9 Å². The second kappa shape index (κ2) is 4.98. The van der Waals surface area contributed by atoms with Crippen LogP contribution < -0.4 is 5.73 Å². The van der Waals surface area contributed by atoms with Gasteiger partial charge in [-0.3, -0.25) is 4.68 Å². The smallest absolute Gasteiger partial charge is 0.124 e. The zero-order chi connectivity index (χ0) is 12.4. The van der Waals surface area contributed by atoms with E-state index in [2.05, 4.69) is 21.0 Å². The van der Waals surface area contributed by atoms with Crippen molar-refractivity contribution in [2.75, 3.05) is 0 Å². The molecule has 0 aliphatic rings. The molecule has 3 nitrogen and oxygen atoms in total. The summed E-state index contributed by atoms with van der Waals surface area (Å²) in [5, 5.41) is 4.09. The molecule has 2 aromatic rings. The second-order valence-electron chi connectivity index (χ2n) is 4.00. The lowest BCUT2D eigenvalue weighted by molar-refractivity contribution is 0.623. The molecule has 0 radical (unpaired) electrons. The number of aryl methyl sites for hydroxylation is 1. The van der Waals surface area contributed by atoms with E-state index in [4.69, 9.17) is 5.73 Å². The molecule has 0 aliphatic heterocycles. The average molecular weight is 298 g/mol. The largest absolute Gasteiger partial charge is 0.324 e. The summed E-state index contributed by atoms with van der Waals surface area (Å²) in [4.78, 5) is 0. The lowest BCUT2D eigenvalue weighted by atomic mass is 10.0. The van der Waals surface area contributed by atoms with E-state index in [0.29, 0.717) is 10.9 Å². The molecule has 1 atom stereocenters. The van der Waals surface area contributed by atoms with Crippen molar-refractivity contribution in [1.82, 2.24) is 9.78 Å². The van der Waals surface area contributed by atoms with Crippen molar-refractivity contribution in [3.05, 3.63) is 52.0 Å². The minimum absolute atomic E-state index is 0.172. The highest BCUT2D eigenvalue weighted by Gasteiger charge is 2.12. The summed E-state index contributed by atoms with van der Waals surface area (Å²) in [6.45, 7) is 0. The highest BCUT2D eigenvalue weighted by Crippen LogP contribution is 2.25. The van der Waals surface area contributed by atoms with Gasteiger partial charge >= 0.3 is 0 Å². The molecule has 1 unspecified atom stereocenters. The van der Waals surface area contributed by atoms with Gasteiger partial charge in [-0.2, -0.15) is 5.10 Å². The van der Waals surface area contributed by atoms with Crippen LogP contribution >= 0.6 is 15.9 Å². The summed E-state index contributed by atoms with van der Waals surface area (Å²) >= 11 is 3.33. The topological polar surface area (TPSA) is 43.8 Å². The molecule has 1 aromatic heterocycles. The third-order valence-corrected chi connectivity index (χ3v) is 3.26. The first-order valence-corrected chi connectivity index (χ1v) is 6.03. The van der Waals surface area contributed by atoms with Gasteiger partial charge in [0.05, 0.1) is 6.20 Å². The van der Waals surface area contributed by atoms with E-state index in [1.165, 1.54) is 12.1 Å². The molecular formula is C12H13BrFN3. The molecule has 2 N–H and O–H groups in total. The van der Waals surface area contributed by atoms with Gasteiger partial charge in [-0.25, -0.2) is 4.39 Å². The number of rotatable bonds is 3. The van der Waals surface area contributed by atoms with Crippen LogP contribution in [-0.2, 0) is 13.5 Å². The van der Waals surface area contributed by atoms with Crippen LogP contribution in [-0.4, -0.2) is 9.78 Å². The number of halogens is 2. The Balaban J connectivity index is 2.17. The van der Waals surface area contributed by atoms with Gasteiger partial charge in [0.25, 0.3) is 0 Å². The van der Waals surface area contributed by atoms with Crippen molar-refractivity contribution in [2.45, 2.75) is 12.5 Å². The number of hydrogen-bond donors (Lipinski definition) is 1. The van der Waals surface area contributed by atoms with Gasteiger partial charge in [-0.05, 0) is 29.7 Å². The summed E-state index contributed by atoms with van der Waals surface area (Å²) in [5.74, 6) is -0.269. The predicted molar refractivity (Wildman–Crippen MR) is 67.9 cm³/mol. The molecule has 0 amide bonds. The highest BCUT2D eigenvalue weighted by molar-refractivity contribution is 9.10. The fourth-order valence-corrected chi connectivity index (χ4v) is 2.39. The molecule has 5 heteroatoms. The van der Waals surface area contributed by atoms with Gasteiger partial charge in [0, 0.05) is 23.8 Å². The van der Waals surface area contributed by atoms with Gasteiger partial charge in [0.15, 0.2) is 0 Å². The Hall–Kier alpha value is -1.20. The number of aromatic nitrogens is 2. The third kappa shape index (κ3) is 2.92. The summed E-state index contributed by atoms with van der Waals surface area (Å²) in [6.07, 6.45) is 4.40. The van der Waals surface area contributed by atoms with Gasteiger partial charge in [-0.15, -0.1) is 0 Å². The summed E-state index contributed by atoms with van der Waals surface area (Å²) in [7, 11) is 1.86. The quantitative estimate of drug-likeness (QED) is 0.946. The monoisotopic (exact) mass is 297 g/mol. The van der Waals surface area contributed by atoms with E-state index in [0.717, 1.165) is 11.1 Å². The summed E-state index contributed by atoms with van der Waals surface area (Å²) in [6, 6.07) is 4.39. The van der Waals surface area contributed by atoms with E-state index in [1.54, 1.807) is 16.9 Å². The molecule has 0 saturated carbocycles. The van der Waals surface area contributed by atoms with E-state index >= 15 is 0 Å². The SMILES string of the molecule is Cn1cc(CC(N)c2ccc(F)cc2Br)cn1. The molecule has 90 valence electrons. The number of nitrogens with two attached hydrogens (primary N) is 1. The fourth-order valence-electron chi connectivity index (χ4n) is 1.74. The van der Waals surface area contributed by atoms with E-state index in [9.17, 15) is 4.39 Å². The third-order valence-electron chi connectivity index (χ3n) is 2.58. The Kier molecular flexibility index (Phi) is 3.59. The minimum atomic E-state index is -0.269. The van der Waals surface area contributed by atoms with Crippen molar-refractivity contribution in [3.8, 4) is 0 Å². The lowest BCUT2D eigenvalue weighted by Crippen LogP contribution is -2.13. The number of hydrogen-bond acceptors (Lipinski definition) is 2. The van der Waals surface area contributed by atoms with Crippen LogP contribution in [0.4, 0.5) is 4.39 Å². The van der Waals surface area contributed by atoms with Gasteiger partial charge in [-0.1, -0.05) is 22.0 Å². The normalized spacial score (nSPS) is 12.7. The van der Waals surface area contributed by atoms with Crippen LogP contribution in [0.5, 0.6) is 0 Å². The van der Waals surface area contributed by atoms with Crippen LogP contribution in [0.2, 0.25) is 0 Å². The van der Waals surface area contributed by atoms with Gasteiger partial charge in [0.1, 0.15) is 5.82 Å². The molecule has 2 rings (SSSR count). The minimum Gasteiger partial charge on any atom is -0.324 e. The maximum atomic E-state index is 13.0. The maximum absolute atomic E-state index is 13.0. The van der Waals surface area contributed by atoms with Crippen LogP contribution in [0, 0.1) is 5.82 Å². The zero-order valence-electron chi connectivity index (χ0n) is 9.40.